The van der Waals surface area contributed by atoms with Gasteiger partial charge in [0.1, 0.15) is 0 Å². The van der Waals surface area contributed by atoms with Crippen LogP contribution in [0.25, 0.3) is 5.57 Å². The zero-order valence-electron chi connectivity index (χ0n) is 10.5. The van der Waals surface area contributed by atoms with Crippen LogP contribution in [-0.4, -0.2) is 0 Å². The van der Waals surface area contributed by atoms with Gasteiger partial charge in [-0.2, -0.15) is 0 Å². The largest absolute Gasteiger partial charge is 0.0985 e. The van der Waals surface area contributed by atoms with Crippen molar-refractivity contribution in [3.63, 3.8) is 0 Å². The molecule has 0 heteroatoms. The minimum absolute atomic E-state index is 1.06. The van der Waals surface area contributed by atoms with Crippen molar-refractivity contribution in [1.29, 1.82) is 0 Å². The minimum atomic E-state index is 1.06. The van der Waals surface area contributed by atoms with Gasteiger partial charge in [-0.1, -0.05) is 56.0 Å². The first-order valence-electron chi connectivity index (χ1n) is 5.68. The zero-order chi connectivity index (χ0) is 12.1. The van der Waals surface area contributed by atoms with Gasteiger partial charge in [0.15, 0.2) is 0 Å². The Bertz CT molecular complexity index is 416. The fourth-order valence-corrected chi connectivity index (χ4v) is 1.79. The van der Waals surface area contributed by atoms with Gasteiger partial charge in [0.2, 0.25) is 0 Å². The van der Waals surface area contributed by atoms with Gasteiger partial charge in [-0.05, 0) is 42.5 Å². The molecule has 0 spiro atoms. The molecule has 0 unspecified atom stereocenters. The van der Waals surface area contributed by atoms with Gasteiger partial charge in [0.05, 0.1) is 0 Å². The normalized spacial score (nSPS) is 11.9. The second kappa shape index (κ2) is 5.50. The molecule has 0 radical (unpaired) electrons. The summed E-state index contributed by atoms with van der Waals surface area (Å²) in [5.41, 5.74) is 6.06. The summed E-state index contributed by atoms with van der Waals surface area (Å²) in [6.45, 7) is 14.1. The number of hydrogen-bond donors (Lipinski definition) is 0. The Balaban J connectivity index is 3.16. The van der Waals surface area contributed by atoms with E-state index in [1.807, 2.05) is 13.0 Å². The summed E-state index contributed by atoms with van der Waals surface area (Å²) in [5, 5.41) is 0. The van der Waals surface area contributed by atoms with Crippen LogP contribution < -0.4 is 0 Å². The van der Waals surface area contributed by atoms with Gasteiger partial charge in [-0.15, -0.1) is 0 Å². The standard InChI is InChI=1S/C16H20/c1-6-14-8-10-15(11-9-14)13(5)16(7-2)12(3)4/h7-11H,2-3,6H2,1,4-5H3/b16-13+. The molecular formula is C16H20. The van der Waals surface area contributed by atoms with E-state index in [9.17, 15) is 0 Å². The molecule has 0 aliphatic carbocycles. The summed E-state index contributed by atoms with van der Waals surface area (Å²) in [7, 11) is 0. The summed E-state index contributed by atoms with van der Waals surface area (Å²) >= 11 is 0. The fourth-order valence-electron chi connectivity index (χ4n) is 1.79. The molecule has 0 aliphatic rings. The van der Waals surface area contributed by atoms with E-state index in [0.29, 0.717) is 0 Å². The van der Waals surface area contributed by atoms with Crippen LogP contribution in [0.5, 0.6) is 0 Å². The van der Waals surface area contributed by atoms with Crippen LogP contribution in [0.3, 0.4) is 0 Å². The van der Waals surface area contributed by atoms with E-state index >= 15 is 0 Å². The molecule has 0 heterocycles. The third-order valence-corrected chi connectivity index (χ3v) is 2.86. The number of hydrogen-bond acceptors (Lipinski definition) is 0. The lowest BCUT2D eigenvalue weighted by molar-refractivity contribution is 1.14. The van der Waals surface area contributed by atoms with Crippen LogP contribution in [0, 0.1) is 0 Å². The summed E-state index contributed by atoms with van der Waals surface area (Å²) < 4.78 is 0. The van der Waals surface area contributed by atoms with Crippen molar-refractivity contribution in [3.05, 3.63) is 65.8 Å². The highest BCUT2D eigenvalue weighted by molar-refractivity contribution is 5.73. The quantitative estimate of drug-likeness (QED) is 0.630. The third kappa shape index (κ3) is 2.73. The Morgan fingerprint density at radius 2 is 1.75 bits per heavy atom. The molecule has 0 aromatic heterocycles. The predicted octanol–water partition coefficient (Wildman–Crippen LogP) is 4.78. The van der Waals surface area contributed by atoms with Crippen molar-refractivity contribution in [2.24, 2.45) is 0 Å². The Morgan fingerprint density at radius 3 is 2.12 bits per heavy atom. The van der Waals surface area contributed by atoms with E-state index in [0.717, 1.165) is 17.6 Å². The van der Waals surface area contributed by atoms with Crippen LogP contribution in [0.15, 0.2) is 54.6 Å². The molecule has 0 fully saturated rings. The summed E-state index contributed by atoms with van der Waals surface area (Å²) in [5.74, 6) is 0. The maximum Gasteiger partial charge on any atom is -0.0204 e. The highest BCUT2D eigenvalue weighted by Crippen LogP contribution is 2.23. The van der Waals surface area contributed by atoms with Crippen LogP contribution in [-0.2, 0) is 6.42 Å². The van der Waals surface area contributed by atoms with Crippen LogP contribution >= 0.6 is 0 Å². The maximum absolute atomic E-state index is 3.98. The van der Waals surface area contributed by atoms with Crippen LogP contribution in [0.2, 0.25) is 0 Å². The van der Waals surface area contributed by atoms with E-state index in [1.165, 1.54) is 16.7 Å². The third-order valence-electron chi connectivity index (χ3n) is 2.86. The Kier molecular flexibility index (Phi) is 4.30. The van der Waals surface area contributed by atoms with E-state index in [2.05, 4.69) is 51.3 Å². The molecule has 16 heavy (non-hydrogen) atoms. The molecule has 0 saturated heterocycles. The molecule has 0 bridgehead atoms. The molecule has 1 aromatic rings. The molecule has 84 valence electrons. The molecule has 0 N–H and O–H groups in total. The lowest BCUT2D eigenvalue weighted by atomic mass is 9.96. The van der Waals surface area contributed by atoms with Gasteiger partial charge in [-0.25, -0.2) is 0 Å². The summed E-state index contributed by atoms with van der Waals surface area (Å²) in [6.07, 6.45) is 2.96. The summed E-state index contributed by atoms with van der Waals surface area (Å²) in [4.78, 5) is 0. The molecule has 1 aromatic carbocycles. The van der Waals surface area contributed by atoms with Crippen molar-refractivity contribution < 1.29 is 0 Å². The Labute approximate surface area is 99.0 Å². The van der Waals surface area contributed by atoms with Crippen LogP contribution in [0.4, 0.5) is 0 Å². The average Bonchev–Trinajstić information content (AvgIpc) is 2.29. The zero-order valence-corrected chi connectivity index (χ0v) is 10.5. The predicted molar refractivity (Wildman–Crippen MR) is 73.4 cm³/mol. The number of rotatable bonds is 4. The second-order valence-corrected chi connectivity index (χ2v) is 4.07. The Hall–Kier alpha value is -1.56. The van der Waals surface area contributed by atoms with Gasteiger partial charge >= 0.3 is 0 Å². The highest BCUT2D eigenvalue weighted by Gasteiger charge is 2.02. The monoisotopic (exact) mass is 212 g/mol. The van der Waals surface area contributed by atoms with Gasteiger partial charge in [-0.3, -0.25) is 0 Å². The molecule has 1 rings (SSSR count). The second-order valence-electron chi connectivity index (χ2n) is 4.07. The minimum Gasteiger partial charge on any atom is -0.0985 e. The van der Waals surface area contributed by atoms with Crippen LogP contribution in [0.1, 0.15) is 31.9 Å². The topological polar surface area (TPSA) is 0 Å². The maximum atomic E-state index is 3.98. The van der Waals surface area contributed by atoms with E-state index in [4.69, 9.17) is 0 Å². The van der Waals surface area contributed by atoms with Crippen molar-refractivity contribution in [2.45, 2.75) is 27.2 Å². The first-order valence-corrected chi connectivity index (χ1v) is 5.68. The fraction of sp³-hybridized carbons (Fsp3) is 0.250. The number of benzene rings is 1. The number of allylic oxidation sites excluding steroid dienone is 4. The van der Waals surface area contributed by atoms with Crippen molar-refractivity contribution in [2.75, 3.05) is 0 Å². The van der Waals surface area contributed by atoms with Gasteiger partial charge in [0.25, 0.3) is 0 Å². The Morgan fingerprint density at radius 1 is 1.19 bits per heavy atom. The first-order chi connectivity index (χ1) is 7.60. The van der Waals surface area contributed by atoms with E-state index in [1.54, 1.807) is 0 Å². The molecule has 0 amide bonds. The number of aryl methyl sites for hydroxylation is 1. The van der Waals surface area contributed by atoms with Crippen molar-refractivity contribution in [3.8, 4) is 0 Å². The lowest BCUT2D eigenvalue weighted by Crippen LogP contribution is -1.88. The molecular weight excluding hydrogens is 192 g/mol. The highest BCUT2D eigenvalue weighted by atomic mass is 14.1. The van der Waals surface area contributed by atoms with Crippen molar-refractivity contribution in [1.82, 2.24) is 0 Å². The molecule has 0 saturated carbocycles. The van der Waals surface area contributed by atoms with Gasteiger partial charge in [0, 0.05) is 0 Å². The average molecular weight is 212 g/mol. The molecule has 0 aliphatic heterocycles. The SMILES string of the molecule is C=C/C(C(=C)C)=C(/C)c1ccc(CC)cc1. The molecule has 0 nitrogen and oxygen atoms in total. The summed E-state index contributed by atoms with van der Waals surface area (Å²) in [6, 6.07) is 8.69. The van der Waals surface area contributed by atoms with E-state index in [-0.39, 0.29) is 0 Å². The smallest absolute Gasteiger partial charge is 0.0204 e. The van der Waals surface area contributed by atoms with Gasteiger partial charge < -0.3 is 0 Å². The van der Waals surface area contributed by atoms with E-state index < -0.39 is 0 Å². The molecule has 0 atom stereocenters. The lowest BCUT2D eigenvalue weighted by Gasteiger charge is -2.09. The van der Waals surface area contributed by atoms with Crippen molar-refractivity contribution >= 4 is 5.57 Å². The first kappa shape index (κ1) is 12.5.